The van der Waals surface area contributed by atoms with Crippen molar-refractivity contribution in [3.05, 3.63) is 35.9 Å². The third-order valence-electron chi connectivity index (χ3n) is 3.43. The van der Waals surface area contributed by atoms with Crippen molar-refractivity contribution in [2.75, 3.05) is 0 Å². The lowest BCUT2D eigenvalue weighted by Gasteiger charge is -2.28. The first kappa shape index (κ1) is 11.1. The molecule has 1 aromatic carbocycles. The van der Waals surface area contributed by atoms with Crippen LogP contribution in [0.15, 0.2) is 30.3 Å². The molecule has 1 aromatic rings. The first-order valence-corrected chi connectivity index (χ1v) is 5.94. The summed E-state index contributed by atoms with van der Waals surface area (Å²) in [5.41, 5.74) is 2.08. The van der Waals surface area contributed by atoms with Gasteiger partial charge in [0.05, 0.1) is 0 Å². The highest BCUT2D eigenvalue weighted by Gasteiger charge is 2.26. The average molecular weight is 214 g/mol. The highest BCUT2D eigenvalue weighted by atomic mass is 14.5. The Morgan fingerprint density at radius 2 is 1.94 bits per heavy atom. The topological polar surface area (TPSA) is 47.7 Å². The molecule has 0 amide bonds. The third-order valence-corrected chi connectivity index (χ3v) is 3.43. The summed E-state index contributed by atoms with van der Waals surface area (Å²) < 4.78 is 0. The van der Waals surface area contributed by atoms with Crippen LogP contribution in [0.4, 0.5) is 0 Å². The van der Waals surface area contributed by atoms with Gasteiger partial charge < -0.3 is 10.8 Å². The number of benzene rings is 1. The zero-order valence-electron chi connectivity index (χ0n) is 9.45. The molecule has 1 aliphatic carbocycles. The van der Waals surface area contributed by atoms with E-state index in [1.165, 1.54) is 11.8 Å². The molecular weight excluding hydrogens is 196 g/mol. The van der Waals surface area contributed by atoms with Gasteiger partial charge in [0.2, 0.25) is 0 Å². The van der Waals surface area contributed by atoms with Crippen molar-refractivity contribution in [1.82, 2.24) is 0 Å². The first-order chi connectivity index (χ1) is 7.81. The average Bonchev–Trinajstić information content (AvgIpc) is 2.33. The Morgan fingerprint density at radius 3 is 2.62 bits per heavy atom. The SMILES string of the molecule is N=CC1CCCC(Cc2ccccc2)C1=N. The van der Waals surface area contributed by atoms with Crippen LogP contribution in [0.2, 0.25) is 0 Å². The Bertz CT molecular complexity index is 370. The van der Waals surface area contributed by atoms with Gasteiger partial charge in [0.1, 0.15) is 0 Å². The van der Waals surface area contributed by atoms with Crippen molar-refractivity contribution in [3.8, 4) is 0 Å². The number of hydrogen-bond donors (Lipinski definition) is 2. The molecule has 0 spiro atoms. The lowest BCUT2D eigenvalue weighted by molar-refractivity contribution is 0.493. The van der Waals surface area contributed by atoms with E-state index in [1.807, 2.05) is 6.07 Å². The van der Waals surface area contributed by atoms with Crippen LogP contribution in [0.5, 0.6) is 0 Å². The van der Waals surface area contributed by atoms with E-state index in [9.17, 15) is 0 Å². The third kappa shape index (κ3) is 2.38. The van der Waals surface area contributed by atoms with Gasteiger partial charge in [-0.15, -0.1) is 0 Å². The molecule has 0 bridgehead atoms. The van der Waals surface area contributed by atoms with Crippen LogP contribution in [0, 0.1) is 22.7 Å². The zero-order valence-corrected chi connectivity index (χ0v) is 9.45. The van der Waals surface area contributed by atoms with E-state index in [0.717, 1.165) is 31.4 Å². The summed E-state index contributed by atoms with van der Waals surface area (Å²) >= 11 is 0. The summed E-state index contributed by atoms with van der Waals surface area (Å²) in [6.07, 6.45) is 5.66. The largest absolute Gasteiger partial charge is 0.312 e. The Labute approximate surface area is 96.7 Å². The molecule has 0 saturated heterocycles. The van der Waals surface area contributed by atoms with Gasteiger partial charge in [-0.3, -0.25) is 0 Å². The van der Waals surface area contributed by atoms with Crippen molar-refractivity contribution in [2.45, 2.75) is 25.7 Å². The number of rotatable bonds is 3. The number of hydrogen-bond acceptors (Lipinski definition) is 2. The molecule has 0 heterocycles. The van der Waals surface area contributed by atoms with E-state index < -0.39 is 0 Å². The summed E-state index contributed by atoms with van der Waals surface area (Å²) in [6.45, 7) is 0. The molecule has 2 heteroatoms. The van der Waals surface area contributed by atoms with Crippen LogP contribution in [0.25, 0.3) is 0 Å². The lowest BCUT2D eigenvalue weighted by atomic mass is 9.77. The minimum atomic E-state index is 0.0995. The van der Waals surface area contributed by atoms with Gasteiger partial charge >= 0.3 is 0 Å². The molecule has 2 atom stereocenters. The maximum absolute atomic E-state index is 8.10. The van der Waals surface area contributed by atoms with Crippen molar-refractivity contribution in [3.63, 3.8) is 0 Å². The van der Waals surface area contributed by atoms with Crippen molar-refractivity contribution in [2.24, 2.45) is 11.8 Å². The van der Waals surface area contributed by atoms with E-state index in [1.54, 1.807) is 0 Å². The molecule has 0 radical (unpaired) electrons. The maximum Gasteiger partial charge on any atom is 0.0316 e. The van der Waals surface area contributed by atoms with E-state index in [4.69, 9.17) is 10.8 Å². The second-order valence-electron chi connectivity index (χ2n) is 4.55. The number of nitrogens with one attached hydrogen (secondary N) is 2. The van der Waals surface area contributed by atoms with Crippen molar-refractivity contribution < 1.29 is 0 Å². The van der Waals surface area contributed by atoms with Crippen LogP contribution in [-0.2, 0) is 6.42 Å². The monoisotopic (exact) mass is 214 g/mol. The summed E-state index contributed by atoms with van der Waals surface area (Å²) in [5.74, 6) is 0.449. The van der Waals surface area contributed by atoms with E-state index in [-0.39, 0.29) is 5.92 Å². The Hall–Kier alpha value is -1.44. The van der Waals surface area contributed by atoms with Crippen molar-refractivity contribution in [1.29, 1.82) is 10.8 Å². The summed E-state index contributed by atoms with van der Waals surface area (Å²) in [7, 11) is 0. The molecule has 2 unspecified atom stereocenters. The predicted octanol–water partition coefficient (Wildman–Crippen LogP) is 3.31. The molecule has 2 nitrogen and oxygen atoms in total. The normalized spacial score (nSPS) is 25.4. The molecule has 1 aliphatic rings. The Morgan fingerprint density at radius 1 is 1.19 bits per heavy atom. The van der Waals surface area contributed by atoms with Gasteiger partial charge in [0.15, 0.2) is 0 Å². The maximum atomic E-state index is 8.10. The summed E-state index contributed by atoms with van der Waals surface area (Å²) in [4.78, 5) is 0. The van der Waals surface area contributed by atoms with Gasteiger partial charge in [-0.05, 0) is 24.8 Å². The Kier molecular flexibility index (Phi) is 3.50. The minimum absolute atomic E-state index is 0.0995. The zero-order chi connectivity index (χ0) is 11.4. The summed E-state index contributed by atoms with van der Waals surface area (Å²) in [6, 6.07) is 10.4. The van der Waals surface area contributed by atoms with Crippen LogP contribution < -0.4 is 0 Å². The van der Waals surface area contributed by atoms with Gasteiger partial charge in [-0.2, -0.15) is 0 Å². The fourth-order valence-corrected chi connectivity index (χ4v) is 2.48. The first-order valence-electron chi connectivity index (χ1n) is 5.94. The fourth-order valence-electron chi connectivity index (χ4n) is 2.48. The molecule has 84 valence electrons. The van der Waals surface area contributed by atoms with Crippen LogP contribution in [-0.4, -0.2) is 11.9 Å². The van der Waals surface area contributed by atoms with Gasteiger partial charge in [0, 0.05) is 23.8 Å². The second-order valence-corrected chi connectivity index (χ2v) is 4.55. The molecule has 1 fully saturated rings. The standard InChI is InChI=1S/C14H18N2/c15-10-13-8-4-7-12(14(13)16)9-11-5-2-1-3-6-11/h1-3,5-6,10,12-13,15-16H,4,7-9H2. The highest BCUT2D eigenvalue weighted by molar-refractivity contribution is 5.98. The lowest BCUT2D eigenvalue weighted by Crippen LogP contribution is -2.29. The quantitative estimate of drug-likeness (QED) is 0.725. The van der Waals surface area contributed by atoms with Crippen LogP contribution in [0.1, 0.15) is 24.8 Å². The summed E-state index contributed by atoms with van der Waals surface area (Å²) in [5, 5.41) is 15.4. The molecular formula is C14H18N2. The van der Waals surface area contributed by atoms with Gasteiger partial charge in [-0.25, -0.2) is 0 Å². The van der Waals surface area contributed by atoms with Crippen LogP contribution >= 0.6 is 0 Å². The molecule has 1 saturated carbocycles. The van der Waals surface area contributed by atoms with E-state index >= 15 is 0 Å². The molecule has 2 N–H and O–H groups in total. The second kappa shape index (κ2) is 5.06. The predicted molar refractivity (Wildman–Crippen MR) is 67.5 cm³/mol. The Balaban J connectivity index is 2.04. The molecule has 16 heavy (non-hydrogen) atoms. The minimum Gasteiger partial charge on any atom is -0.312 e. The van der Waals surface area contributed by atoms with E-state index in [0.29, 0.717) is 5.92 Å². The highest BCUT2D eigenvalue weighted by Crippen LogP contribution is 2.27. The molecule has 0 aromatic heterocycles. The van der Waals surface area contributed by atoms with Gasteiger partial charge in [0.25, 0.3) is 0 Å². The van der Waals surface area contributed by atoms with Crippen molar-refractivity contribution >= 4 is 11.9 Å². The van der Waals surface area contributed by atoms with Crippen LogP contribution in [0.3, 0.4) is 0 Å². The molecule has 0 aliphatic heterocycles. The van der Waals surface area contributed by atoms with E-state index in [2.05, 4.69) is 24.3 Å². The van der Waals surface area contributed by atoms with Gasteiger partial charge in [-0.1, -0.05) is 36.8 Å². The smallest absolute Gasteiger partial charge is 0.0316 e. The fraction of sp³-hybridized carbons (Fsp3) is 0.429. The molecule has 2 rings (SSSR count).